The molecule has 1 aliphatic rings. The third kappa shape index (κ3) is 11.1. The summed E-state index contributed by atoms with van der Waals surface area (Å²) in [6, 6.07) is 22.7. The highest BCUT2D eigenvalue weighted by atomic mass is 32.2. The van der Waals surface area contributed by atoms with Crippen LogP contribution in [0.1, 0.15) is 43.6 Å². The van der Waals surface area contributed by atoms with Crippen molar-refractivity contribution in [3.05, 3.63) is 96.2 Å². The fraction of sp³-hybridized carbons (Fsp3) is 0.341. The SMILES string of the molecule is CCN1CCN(CCNC(=O)c2ccc(Nc3cc(Oc4ccc(NC(=O)Nc5cc(C(C)(C)C)cc(NS(C)(=O)=O)c5OC)c5ccccc45)ccn3)cc2OC)CC1. The molecular weight excluding hydrogens is 785 g/mol. The smallest absolute Gasteiger partial charge is 0.323 e. The predicted molar refractivity (Wildman–Crippen MR) is 238 cm³/mol. The summed E-state index contributed by atoms with van der Waals surface area (Å²) < 4.78 is 44.4. The minimum Gasteiger partial charge on any atom is -0.496 e. The molecule has 1 saturated heterocycles. The largest absolute Gasteiger partial charge is 0.496 e. The number of urea groups is 1. The number of carbonyl (C=O) groups is 2. The first kappa shape index (κ1) is 43.5. The minimum atomic E-state index is -3.64. The second-order valence-corrected chi connectivity index (χ2v) is 17.3. The van der Waals surface area contributed by atoms with Crippen molar-refractivity contribution in [2.24, 2.45) is 0 Å². The van der Waals surface area contributed by atoms with E-state index in [4.69, 9.17) is 14.2 Å². The number of ether oxygens (including phenoxy) is 3. The number of piperazine rings is 1. The van der Waals surface area contributed by atoms with E-state index in [1.165, 1.54) is 14.2 Å². The van der Waals surface area contributed by atoms with Crippen LogP contribution in [0.5, 0.6) is 23.0 Å². The number of hydrogen-bond acceptors (Lipinski definition) is 11. The van der Waals surface area contributed by atoms with Gasteiger partial charge in [0, 0.05) is 74.1 Å². The van der Waals surface area contributed by atoms with Crippen molar-refractivity contribution in [1.29, 1.82) is 0 Å². The first-order valence-corrected chi connectivity index (χ1v) is 21.6. The van der Waals surface area contributed by atoms with Gasteiger partial charge in [-0.2, -0.15) is 0 Å². The van der Waals surface area contributed by atoms with Gasteiger partial charge in [0.1, 0.15) is 23.1 Å². The van der Waals surface area contributed by atoms with Crippen LogP contribution >= 0.6 is 0 Å². The Labute approximate surface area is 351 Å². The number of rotatable bonds is 15. The summed E-state index contributed by atoms with van der Waals surface area (Å²) in [7, 11) is -0.701. The molecule has 15 nitrogen and oxygen atoms in total. The Morgan fingerprint density at radius 2 is 1.50 bits per heavy atom. The Hall–Kier alpha value is -6.10. The standard InChI is InChI=1S/C44H54N8O7S/c1-8-51-21-23-52(24-22-51)20-19-46-42(53)34-14-13-30(27-39(34)57-5)47-40-28-31(17-18-45-40)59-38-16-15-35(32-11-9-10-12-33(32)38)48-43(54)49-36-25-29(44(2,3)4)26-37(41(36)58-6)50-60(7,55)56/h9-18,25-28,50H,8,19-24H2,1-7H3,(H,45,47)(H,46,53)(H2,48,49,54). The normalized spacial score (nSPS) is 13.7. The van der Waals surface area contributed by atoms with Crippen LogP contribution in [0.4, 0.5) is 33.4 Å². The van der Waals surface area contributed by atoms with Gasteiger partial charge in [-0.3, -0.25) is 14.4 Å². The molecule has 16 heteroatoms. The summed E-state index contributed by atoms with van der Waals surface area (Å²) in [5.74, 6) is 1.98. The van der Waals surface area contributed by atoms with Crippen molar-refractivity contribution in [3.8, 4) is 23.0 Å². The molecule has 0 radical (unpaired) electrons. The fourth-order valence-corrected chi connectivity index (χ4v) is 7.47. The van der Waals surface area contributed by atoms with E-state index in [0.29, 0.717) is 52.2 Å². The number of pyridine rings is 1. The zero-order chi connectivity index (χ0) is 43.0. The van der Waals surface area contributed by atoms with Gasteiger partial charge in [0.2, 0.25) is 10.0 Å². The monoisotopic (exact) mass is 838 g/mol. The van der Waals surface area contributed by atoms with E-state index < -0.39 is 16.1 Å². The molecule has 2 heterocycles. The highest BCUT2D eigenvalue weighted by Crippen LogP contribution is 2.40. The first-order valence-electron chi connectivity index (χ1n) is 19.8. The van der Waals surface area contributed by atoms with E-state index in [9.17, 15) is 18.0 Å². The molecule has 5 aromatic rings. The Kier molecular flexibility index (Phi) is 13.7. The zero-order valence-corrected chi connectivity index (χ0v) is 36.0. The highest BCUT2D eigenvalue weighted by molar-refractivity contribution is 7.92. The molecule has 0 saturated carbocycles. The molecule has 0 aliphatic carbocycles. The Morgan fingerprint density at radius 3 is 2.18 bits per heavy atom. The molecule has 3 amide bonds. The number of aromatic nitrogens is 1. The van der Waals surface area contributed by atoms with Crippen LogP contribution < -0.4 is 40.2 Å². The molecule has 0 spiro atoms. The Morgan fingerprint density at radius 1 is 0.800 bits per heavy atom. The van der Waals surface area contributed by atoms with Gasteiger partial charge in [0.15, 0.2) is 5.75 Å². The van der Waals surface area contributed by atoms with Crippen LogP contribution in [-0.4, -0.2) is 101 Å². The minimum absolute atomic E-state index is 0.171. The molecule has 4 aromatic carbocycles. The van der Waals surface area contributed by atoms with E-state index in [1.54, 1.807) is 60.8 Å². The summed E-state index contributed by atoms with van der Waals surface area (Å²) in [6.45, 7) is 14.6. The third-order valence-corrected chi connectivity index (χ3v) is 10.7. The van der Waals surface area contributed by atoms with Gasteiger partial charge < -0.3 is 40.4 Å². The number of anilines is 5. The number of hydrogen-bond donors (Lipinski definition) is 5. The molecule has 0 unspecified atom stereocenters. The second kappa shape index (κ2) is 18.9. The number of amides is 3. The Bertz CT molecular complexity index is 2450. The fourth-order valence-electron chi connectivity index (χ4n) is 6.92. The lowest BCUT2D eigenvalue weighted by molar-refractivity contribution is 0.0935. The van der Waals surface area contributed by atoms with Crippen molar-refractivity contribution < 1.29 is 32.2 Å². The molecule has 0 atom stereocenters. The molecule has 1 aromatic heterocycles. The molecule has 318 valence electrons. The van der Waals surface area contributed by atoms with E-state index >= 15 is 0 Å². The van der Waals surface area contributed by atoms with Gasteiger partial charge in [0.05, 0.1) is 43.1 Å². The van der Waals surface area contributed by atoms with Gasteiger partial charge in [-0.15, -0.1) is 0 Å². The average Bonchev–Trinajstić information content (AvgIpc) is 3.21. The summed E-state index contributed by atoms with van der Waals surface area (Å²) in [5.41, 5.74) is 2.55. The molecule has 1 fully saturated rings. The number of methoxy groups -OCH3 is 2. The van der Waals surface area contributed by atoms with Crippen molar-refractivity contribution in [1.82, 2.24) is 20.1 Å². The lowest BCUT2D eigenvalue weighted by atomic mass is 9.86. The number of sulfonamides is 1. The van der Waals surface area contributed by atoms with Crippen molar-refractivity contribution in [2.45, 2.75) is 33.1 Å². The van der Waals surface area contributed by atoms with Crippen LogP contribution in [0.25, 0.3) is 10.8 Å². The zero-order valence-electron chi connectivity index (χ0n) is 35.1. The highest BCUT2D eigenvalue weighted by Gasteiger charge is 2.23. The van der Waals surface area contributed by atoms with Crippen molar-refractivity contribution >= 4 is 61.3 Å². The van der Waals surface area contributed by atoms with Crippen molar-refractivity contribution in [3.63, 3.8) is 0 Å². The molecule has 1 aliphatic heterocycles. The van der Waals surface area contributed by atoms with E-state index in [-0.39, 0.29) is 22.8 Å². The molecular formula is C44H54N8O7S. The number of nitrogens with one attached hydrogen (secondary N) is 5. The van der Waals surface area contributed by atoms with E-state index in [2.05, 4.69) is 47.7 Å². The van der Waals surface area contributed by atoms with Gasteiger partial charge in [-0.25, -0.2) is 18.2 Å². The lowest BCUT2D eigenvalue weighted by Gasteiger charge is -2.33. The van der Waals surface area contributed by atoms with Crippen LogP contribution in [0.2, 0.25) is 0 Å². The number of carbonyl (C=O) groups excluding carboxylic acids is 2. The second-order valence-electron chi connectivity index (χ2n) is 15.5. The Balaban J connectivity index is 1.13. The van der Waals surface area contributed by atoms with Gasteiger partial charge in [0.25, 0.3) is 5.91 Å². The molecule has 60 heavy (non-hydrogen) atoms. The lowest BCUT2D eigenvalue weighted by Crippen LogP contribution is -2.48. The third-order valence-electron chi connectivity index (χ3n) is 10.1. The van der Waals surface area contributed by atoms with Crippen LogP contribution in [0.3, 0.4) is 0 Å². The summed E-state index contributed by atoms with van der Waals surface area (Å²) >= 11 is 0. The number of nitrogens with zero attached hydrogens (tertiary/aromatic N) is 3. The average molecular weight is 839 g/mol. The number of fused-ring (bicyclic) bond motifs is 1. The van der Waals surface area contributed by atoms with Crippen LogP contribution in [0, 0.1) is 0 Å². The molecule has 5 N–H and O–H groups in total. The van der Waals surface area contributed by atoms with Gasteiger partial charge in [-0.05, 0) is 60.0 Å². The van der Waals surface area contributed by atoms with Crippen molar-refractivity contribution in [2.75, 3.05) is 87.0 Å². The van der Waals surface area contributed by atoms with E-state index in [0.717, 1.165) is 61.9 Å². The van der Waals surface area contributed by atoms with Gasteiger partial charge >= 0.3 is 6.03 Å². The molecule has 0 bridgehead atoms. The van der Waals surface area contributed by atoms with Crippen LogP contribution in [0.15, 0.2) is 85.1 Å². The predicted octanol–water partition coefficient (Wildman–Crippen LogP) is 7.47. The summed E-state index contributed by atoms with van der Waals surface area (Å²) in [4.78, 5) is 35.9. The molecule has 6 rings (SSSR count). The number of likely N-dealkylation sites (N-methyl/N-ethyl adjacent to an activating group) is 1. The topological polar surface area (TPSA) is 175 Å². The first-order chi connectivity index (χ1) is 28.6. The summed E-state index contributed by atoms with van der Waals surface area (Å²) in [6.07, 6.45) is 2.68. The number of benzene rings is 4. The van der Waals surface area contributed by atoms with Crippen LogP contribution in [-0.2, 0) is 15.4 Å². The maximum Gasteiger partial charge on any atom is 0.323 e. The quantitative estimate of drug-likeness (QED) is 0.0708. The van der Waals surface area contributed by atoms with E-state index in [1.807, 2.05) is 45.0 Å². The summed E-state index contributed by atoms with van der Waals surface area (Å²) in [5, 5.41) is 13.5. The maximum atomic E-state index is 13.5. The van der Waals surface area contributed by atoms with Gasteiger partial charge in [-0.1, -0.05) is 52.0 Å². The maximum absolute atomic E-state index is 13.5.